The third-order valence-corrected chi connectivity index (χ3v) is 16.5. The van der Waals surface area contributed by atoms with Crippen LogP contribution in [0.3, 0.4) is 0 Å². The number of nitrogens with zero attached hydrogens (tertiary/aromatic N) is 1. The topological polar surface area (TPSA) is 76.4 Å². The summed E-state index contributed by atoms with van der Waals surface area (Å²) in [7, 11) is 2.03. The van der Waals surface area contributed by atoms with Gasteiger partial charge in [-0.05, 0) is 173 Å². The number of aliphatic imine (C=N–C) groups is 1. The molecule has 314 valence electrons. The van der Waals surface area contributed by atoms with Gasteiger partial charge >= 0.3 is 0 Å². The third-order valence-electron chi connectivity index (χ3n) is 16.5. The molecule has 57 heavy (non-hydrogen) atoms. The van der Waals surface area contributed by atoms with E-state index in [0.717, 1.165) is 127 Å². The van der Waals surface area contributed by atoms with Crippen molar-refractivity contribution in [1.29, 1.82) is 0 Å². The molecule has 4 nitrogen and oxygen atoms in total. The van der Waals surface area contributed by atoms with E-state index in [9.17, 15) is 0 Å². The summed E-state index contributed by atoms with van der Waals surface area (Å²) >= 11 is 0. The zero-order chi connectivity index (χ0) is 41.6. The lowest BCUT2D eigenvalue weighted by atomic mass is 9.56. The van der Waals surface area contributed by atoms with Crippen molar-refractivity contribution < 1.29 is 0 Å². The standard InChI is InChI=1S/C53H82N4/c1-12-44(32-25-38(4)49(7,13-2)14-3)51(9)34-21-33-50(51,8)40(6)42-29-26-41(27-30-42)28-31-43-22-16-15-18-35-52(10,54)48-47(43)39(5)45-23-20-36-53(45,55)46(57-48)24-17-19-37-56-11/h12,22,26-27,29-30,44-45,56H,1,4-6,13-21,23-25,28,31-37,54-55H2,2-3,7-11H3/b43-22-. The maximum absolute atomic E-state index is 7.45. The number of nitrogens with two attached hydrogens (primary N) is 2. The molecule has 5 N–H and O–H groups in total. The van der Waals surface area contributed by atoms with E-state index in [2.05, 4.69) is 96.4 Å². The van der Waals surface area contributed by atoms with Crippen molar-refractivity contribution in [3.63, 3.8) is 0 Å². The molecule has 1 aromatic carbocycles. The normalized spacial score (nSPS) is 30.9. The largest absolute Gasteiger partial charge is 0.320 e. The number of unbranched alkanes of at least 4 members (excludes halogenated alkanes) is 1. The number of benzene rings is 1. The first kappa shape index (κ1) is 45.3. The Morgan fingerprint density at radius 1 is 0.947 bits per heavy atom. The highest BCUT2D eigenvalue weighted by molar-refractivity contribution is 5.96. The van der Waals surface area contributed by atoms with Crippen LogP contribution < -0.4 is 16.8 Å². The van der Waals surface area contributed by atoms with E-state index in [1.165, 1.54) is 51.8 Å². The predicted octanol–water partition coefficient (Wildman–Crippen LogP) is 13.2. The molecule has 1 heterocycles. The van der Waals surface area contributed by atoms with Gasteiger partial charge in [0.05, 0.1) is 16.8 Å². The minimum Gasteiger partial charge on any atom is -0.320 e. The van der Waals surface area contributed by atoms with Crippen molar-refractivity contribution in [2.24, 2.45) is 44.5 Å². The van der Waals surface area contributed by atoms with Gasteiger partial charge in [-0.3, -0.25) is 4.99 Å². The van der Waals surface area contributed by atoms with Gasteiger partial charge < -0.3 is 16.8 Å². The minimum absolute atomic E-state index is 0.00197. The summed E-state index contributed by atoms with van der Waals surface area (Å²) in [6, 6.07) is 9.39. The zero-order valence-corrected chi connectivity index (χ0v) is 37.7. The summed E-state index contributed by atoms with van der Waals surface area (Å²) in [6.45, 7) is 33.9. The van der Waals surface area contributed by atoms with Gasteiger partial charge in [0.25, 0.3) is 0 Å². The Morgan fingerprint density at radius 2 is 1.67 bits per heavy atom. The molecule has 2 fully saturated rings. The van der Waals surface area contributed by atoms with Crippen LogP contribution in [0, 0.1) is 28.1 Å². The molecule has 0 saturated heterocycles. The van der Waals surface area contributed by atoms with Gasteiger partial charge in [-0.1, -0.05) is 116 Å². The van der Waals surface area contributed by atoms with Crippen LogP contribution in [-0.4, -0.2) is 30.4 Å². The molecule has 1 aromatic rings. The maximum atomic E-state index is 7.45. The van der Waals surface area contributed by atoms with Crippen molar-refractivity contribution in [3.8, 4) is 0 Å². The Kier molecular flexibility index (Phi) is 14.8. The second-order valence-corrected chi connectivity index (χ2v) is 19.8. The second-order valence-electron chi connectivity index (χ2n) is 19.8. The summed E-state index contributed by atoms with van der Waals surface area (Å²) < 4.78 is 0. The highest BCUT2D eigenvalue weighted by Gasteiger charge is 2.53. The predicted molar refractivity (Wildman–Crippen MR) is 249 cm³/mol. The van der Waals surface area contributed by atoms with Gasteiger partial charge in [-0.15, -0.1) is 6.58 Å². The molecule has 4 heteroatoms. The molecule has 6 unspecified atom stereocenters. The number of nitrogens with one attached hydrogen (secondary N) is 1. The molecule has 0 aromatic heterocycles. The first-order chi connectivity index (χ1) is 27.0. The first-order valence-corrected chi connectivity index (χ1v) is 23.1. The Morgan fingerprint density at radius 3 is 2.33 bits per heavy atom. The quantitative estimate of drug-likeness (QED) is 0.103. The van der Waals surface area contributed by atoms with Crippen molar-refractivity contribution in [2.45, 2.75) is 175 Å². The molecule has 0 radical (unpaired) electrons. The van der Waals surface area contributed by atoms with E-state index in [1.807, 2.05) is 7.05 Å². The van der Waals surface area contributed by atoms with Gasteiger partial charge in [0.2, 0.25) is 0 Å². The second kappa shape index (κ2) is 18.6. The summed E-state index contributed by atoms with van der Waals surface area (Å²) in [5.74, 6) is 0.617. The zero-order valence-electron chi connectivity index (χ0n) is 37.7. The minimum atomic E-state index is -0.538. The fraction of sp³-hybridized carbons (Fsp3) is 0.642. The highest BCUT2D eigenvalue weighted by Crippen LogP contribution is 2.63. The Bertz CT molecular complexity index is 1710. The fourth-order valence-corrected chi connectivity index (χ4v) is 11.5. The van der Waals surface area contributed by atoms with E-state index in [1.54, 1.807) is 0 Å². The highest BCUT2D eigenvalue weighted by atomic mass is 15.0. The lowest BCUT2D eigenvalue weighted by Crippen LogP contribution is -2.51. The molecule has 6 atom stereocenters. The summed E-state index contributed by atoms with van der Waals surface area (Å²) in [6.07, 6.45) is 25.2. The number of rotatable bonds is 18. The van der Waals surface area contributed by atoms with Crippen LogP contribution in [-0.2, 0) is 6.42 Å². The number of fused-ring (bicyclic) bond motifs is 1. The summed E-state index contributed by atoms with van der Waals surface area (Å²) in [4.78, 5) is 5.61. The number of aryl methyl sites for hydroxylation is 1. The first-order valence-electron chi connectivity index (χ1n) is 23.1. The molecule has 4 aliphatic rings. The molecule has 2 saturated carbocycles. The van der Waals surface area contributed by atoms with Crippen LogP contribution in [0.1, 0.15) is 168 Å². The summed E-state index contributed by atoms with van der Waals surface area (Å²) in [5, 5.41) is 3.31. The van der Waals surface area contributed by atoms with E-state index in [4.69, 9.17) is 29.6 Å². The third kappa shape index (κ3) is 9.04. The average Bonchev–Trinajstić information content (AvgIpc) is 3.74. The molecule has 0 amide bonds. The Hall–Kier alpha value is -2.79. The van der Waals surface area contributed by atoms with Gasteiger partial charge in [-0.25, -0.2) is 0 Å². The van der Waals surface area contributed by atoms with Crippen LogP contribution in [0.25, 0.3) is 5.57 Å². The molecule has 1 aliphatic heterocycles. The Balaban J connectivity index is 1.38. The van der Waals surface area contributed by atoms with Crippen molar-refractivity contribution in [3.05, 3.63) is 102 Å². The monoisotopic (exact) mass is 775 g/mol. The van der Waals surface area contributed by atoms with Crippen molar-refractivity contribution in [2.75, 3.05) is 13.6 Å². The fourth-order valence-electron chi connectivity index (χ4n) is 11.5. The molecule has 3 aliphatic carbocycles. The smallest absolute Gasteiger partial charge is 0.0677 e. The molecule has 0 bridgehead atoms. The maximum Gasteiger partial charge on any atom is 0.0677 e. The molecule has 0 spiro atoms. The van der Waals surface area contributed by atoms with Gasteiger partial charge in [-0.2, -0.15) is 0 Å². The SMILES string of the molecule is C=CC(CCC(=C)C(C)(CC)CC)C1(C)CCCC1(C)C(=C)c1ccc(CC/C2=C/CCCCC(C)(N)C3=C2C(=C)C2CCCC2(N)C(CCCCNC)=N3)cc1. The van der Waals surface area contributed by atoms with Gasteiger partial charge in [0.1, 0.15) is 0 Å². The Labute approximate surface area is 350 Å². The molecule has 5 rings (SSSR count). The van der Waals surface area contributed by atoms with Crippen LogP contribution >= 0.6 is 0 Å². The van der Waals surface area contributed by atoms with E-state index in [0.29, 0.717) is 5.92 Å². The van der Waals surface area contributed by atoms with Crippen LogP contribution in [0.2, 0.25) is 0 Å². The molecular formula is C53H82N4. The van der Waals surface area contributed by atoms with Crippen molar-refractivity contribution >= 4 is 11.3 Å². The lowest BCUT2D eigenvalue weighted by molar-refractivity contribution is 0.107. The molecular weight excluding hydrogens is 693 g/mol. The van der Waals surface area contributed by atoms with E-state index in [-0.39, 0.29) is 22.2 Å². The van der Waals surface area contributed by atoms with Crippen LogP contribution in [0.15, 0.2) is 95.7 Å². The lowest BCUT2D eigenvalue weighted by Gasteiger charge is -2.48. The van der Waals surface area contributed by atoms with Gasteiger partial charge in [0, 0.05) is 17.2 Å². The van der Waals surface area contributed by atoms with Crippen molar-refractivity contribution in [1.82, 2.24) is 5.32 Å². The number of hydrogen-bond acceptors (Lipinski definition) is 4. The van der Waals surface area contributed by atoms with Crippen LogP contribution in [0.4, 0.5) is 0 Å². The number of hydrogen-bond donors (Lipinski definition) is 3. The van der Waals surface area contributed by atoms with Gasteiger partial charge in [0.15, 0.2) is 0 Å². The van der Waals surface area contributed by atoms with E-state index >= 15 is 0 Å². The summed E-state index contributed by atoms with van der Waals surface area (Å²) in [5.41, 5.74) is 25.4. The van der Waals surface area contributed by atoms with E-state index < -0.39 is 11.1 Å². The number of allylic oxidation sites excluding steroid dienone is 6. The van der Waals surface area contributed by atoms with Crippen LogP contribution in [0.5, 0.6) is 0 Å². The average molecular weight is 775 g/mol.